The molecule has 3 heteroatoms. The maximum Gasteiger partial charge on any atom is 0.120 e. The fraction of sp³-hybridized carbons (Fsp3) is 0.667. The van der Waals surface area contributed by atoms with Gasteiger partial charge in [0, 0.05) is 24.3 Å². The van der Waals surface area contributed by atoms with Gasteiger partial charge in [0.05, 0.1) is 7.11 Å². The Kier molecular flexibility index (Phi) is 6.37. The summed E-state index contributed by atoms with van der Waals surface area (Å²) < 4.78 is 5.38. The Morgan fingerprint density at radius 2 is 2.00 bits per heavy atom. The van der Waals surface area contributed by atoms with Gasteiger partial charge < -0.3 is 15.4 Å². The zero-order chi connectivity index (χ0) is 15.1. The number of nitrogens with zero attached hydrogens (tertiary/aromatic N) is 1. The van der Waals surface area contributed by atoms with Gasteiger partial charge in [-0.1, -0.05) is 19.4 Å². The van der Waals surface area contributed by atoms with Crippen molar-refractivity contribution in [2.24, 2.45) is 11.7 Å². The van der Waals surface area contributed by atoms with Crippen molar-refractivity contribution in [3.05, 3.63) is 24.3 Å². The Bertz CT molecular complexity index is 413. The molecule has 21 heavy (non-hydrogen) atoms. The van der Waals surface area contributed by atoms with E-state index in [4.69, 9.17) is 10.5 Å². The molecule has 0 unspecified atom stereocenters. The molecule has 0 aliphatic heterocycles. The minimum atomic E-state index is 0.659. The van der Waals surface area contributed by atoms with Crippen molar-refractivity contribution in [2.45, 2.75) is 51.5 Å². The molecule has 0 saturated heterocycles. The summed E-state index contributed by atoms with van der Waals surface area (Å²) in [7, 11) is 1.73. The van der Waals surface area contributed by atoms with Gasteiger partial charge in [-0.05, 0) is 56.7 Å². The van der Waals surface area contributed by atoms with Crippen LogP contribution in [-0.4, -0.2) is 26.2 Å². The molecular weight excluding hydrogens is 260 g/mol. The van der Waals surface area contributed by atoms with Crippen LogP contribution < -0.4 is 15.4 Å². The second-order valence-electron chi connectivity index (χ2n) is 6.12. The molecule has 0 amide bonds. The third kappa shape index (κ3) is 4.37. The average Bonchev–Trinajstić information content (AvgIpc) is 2.56. The molecule has 1 aliphatic rings. The van der Waals surface area contributed by atoms with E-state index in [1.807, 2.05) is 6.07 Å². The van der Waals surface area contributed by atoms with Crippen LogP contribution in [0.5, 0.6) is 5.75 Å². The van der Waals surface area contributed by atoms with Gasteiger partial charge in [-0.25, -0.2) is 0 Å². The summed E-state index contributed by atoms with van der Waals surface area (Å²) in [5.41, 5.74) is 7.01. The highest BCUT2D eigenvalue weighted by Gasteiger charge is 2.25. The fourth-order valence-corrected chi connectivity index (χ4v) is 3.44. The highest BCUT2D eigenvalue weighted by molar-refractivity contribution is 5.51. The topological polar surface area (TPSA) is 38.5 Å². The summed E-state index contributed by atoms with van der Waals surface area (Å²) >= 11 is 0. The van der Waals surface area contributed by atoms with Crippen LogP contribution in [0, 0.1) is 5.92 Å². The van der Waals surface area contributed by atoms with Crippen molar-refractivity contribution in [1.82, 2.24) is 0 Å². The SMILES string of the molecule is CCC1CCC(N(CCCN)c2cccc(OC)c2)CC1. The van der Waals surface area contributed by atoms with E-state index in [0.717, 1.165) is 31.2 Å². The first-order chi connectivity index (χ1) is 10.3. The molecule has 0 radical (unpaired) electrons. The van der Waals surface area contributed by atoms with Crippen LogP contribution >= 0.6 is 0 Å². The summed E-state index contributed by atoms with van der Waals surface area (Å²) in [6, 6.07) is 9.11. The summed E-state index contributed by atoms with van der Waals surface area (Å²) in [5, 5.41) is 0. The second kappa shape index (κ2) is 8.28. The molecule has 118 valence electrons. The maximum absolute atomic E-state index is 5.73. The molecular formula is C18H30N2O. The minimum Gasteiger partial charge on any atom is -0.497 e. The molecule has 1 aromatic carbocycles. The lowest BCUT2D eigenvalue weighted by molar-refractivity contribution is 0.307. The number of benzene rings is 1. The average molecular weight is 290 g/mol. The highest BCUT2D eigenvalue weighted by Crippen LogP contribution is 2.33. The van der Waals surface area contributed by atoms with E-state index >= 15 is 0 Å². The number of methoxy groups -OCH3 is 1. The summed E-state index contributed by atoms with van der Waals surface area (Å²) in [6.45, 7) is 4.12. The predicted molar refractivity (Wildman–Crippen MR) is 90.0 cm³/mol. The monoisotopic (exact) mass is 290 g/mol. The maximum atomic E-state index is 5.73. The molecule has 0 spiro atoms. The van der Waals surface area contributed by atoms with Crippen molar-refractivity contribution >= 4 is 5.69 Å². The van der Waals surface area contributed by atoms with E-state index in [-0.39, 0.29) is 0 Å². The van der Waals surface area contributed by atoms with Gasteiger partial charge in [-0.15, -0.1) is 0 Å². The first-order valence-electron chi connectivity index (χ1n) is 8.39. The lowest BCUT2D eigenvalue weighted by Gasteiger charge is -2.38. The lowest BCUT2D eigenvalue weighted by atomic mass is 9.83. The second-order valence-corrected chi connectivity index (χ2v) is 6.12. The first kappa shape index (κ1) is 16.2. The zero-order valence-electron chi connectivity index (χ0n) is 13.6. The van der Waals surface area contributed by atoms with Gasteiger partial charge in [0.2, 0.25) is 0 Å². The number of anilines is 1. The Balaban J connectivity index is 2.10. The van der Waals surface area contributed by atoms with Crippen LogP contribution in [0.15, 0.2) is 24.3 Å². The van der Waals surface area contributed by atoms with Gasteiger partial charge in [-0.3, -0.25) is 0 Å². The van der Waals surface area contributed by atoms with E-state index < -0.39 is 0 Å². The van der Waals surface area contributed by atoms with E-state index in [1.54, 1.807) is 7.11 Å². The van der Waals surface area contributed by atoms with Crippen LogP contribution in [-0.2, 0) is 0 Å². The molecule has 1 aromatic rings. The van der Waals surface area contributed by atoms with E-state index in [9.17, 15) is 0 Å². The first-order valence-corrected chi connectivity index (χ1v) is 8.39. The standard InChI is InChI=1S/C18H30N2O/c1-3-15-8-10-16(11-9-15)20(13-5-12-19)17-6-4-7-18(14-17)21-2/h4,6-7,14-16H,3,5,8-13,19H2,1-2H3. The van der Waals surface area contributed by atoms with Crippen molar-refractivity contribution in [1.29, 1.82) is 0 Å². The largest absolute Gasteiger partial charge is 0.497 e. The van der Waals surface area contributed by atoms with Crippen molar-refractivity contribution in [2.75, 3.05) is 25.1 Å². The molecule has 3 nitrogen and oxygen atoms in total. The van der Waals surface area contributed by atoms with Crippen LogP contribution in [0.4, 0.5) is 5.69 Å². The lowest BCUT2D eigenvalue weighted by Crippen LogP contribution is -2.39. The number of hydrogen-bond acceptors (Lipinski definition) is 3. The van der Waals surface area contributed by atoms with Gasteiger partial charge in [-0.2, -0.15) is 0 Å². The highest BCUT2D eigenvalue weighted by atomic mass is 16.5. The summed E-state index contributed by atoms with van der Waals surface area (Å²) in [5.74, 6) is 1.87. The smallest absolute Gasteiger partial charge is 0.120 e. The molecule has 0 bridgehead atoms. The van der Waals surface area contributed by atoms with E-state index in [2.05, 4.69) is 30.0 Å². The number of hydrogen-bond donors (Lipinski definition) is 1. The fourth-order valence-electron chi connectivity index (χ4n) is 3.44. The molecule has 2 N–H and O–H groups in total. The van der Waals surface area contributed by atoms with Crippen molar-refractivity contribution in [3.63, 3.8) is 0 Å². The van der Waals surface area contributed by atoms with Crippen LogP contribution in [0.2, 0.25) is 0 Å². The zero-order valence-corrected chi connectivity index (χ0v) is 13.6. The molecule has 1 aliphatic carbocycles. The Morgan fingerprint density at radius 3 is 2.62 bits per heavy atom. The molecule has 0 aromatic heterocycles. The van der Waals surface area contributed by atoms with Gasteiger partial charge in [0.1, 0.15) is 5.75 Å². The Morgan fingerprint density at radius 1 is 1.24 bits per heavy atom. The molecule has 2 rings (SSSR count). The normalized spacial score (nSPS) is 22.0. The Labute approximate surface area is 129 Å². The van der Waals surface area contributed by atoms with Crippen LogP contribution in [0.1, 0.15) is 45.4 Å². The molecule has 0 heterocycles. The summed E-state index contributed by atoms with van der Waals surface area (Å²) in [4.78, 5) is 2.56. The predicted octanol–water partition coefficient (Wildman–Crippen LogP) is 3.82. The number of nitrogens with two attached hydrogens (primary N) is 1. The van der Waals surface area contributed by atoms with Crippen molar-refractivity contribution < 1.29 is 4.74 Å². The van der Waals surface area contributed by atoms with E-state index in [0.29, 0.717) is 6.04 Å². The third-order valence-electron chi connectivity index (χ3n) is 4.82. The number of rotatable bonds is 7. The molecule has 1 fully saturated rings. The summed E-state index contributed by atoms with van der Waals surface area (Å²) in [6.07, 6.45) is 7.72. The molecule has 0 atom stereocenters. The van der Waals surface area contributed by atoms with Crippen LogP contribution in [0.3, 0.4) is 0 Å². The number of ether oxygens (including phenoxy) is 1. The molecule has 1 saturated carbocycles. The van der Waals surface area contributed by atoms with Crippen molar-refractivity contribution in [3.8, 4) is 5.75 Å². The third-order valence-corrected chi connectivity index (χ3v) is 4.82. The minimum absolute atomic E-state index is 0.659. The Hall–Kier alpha value is -1.22. The quantitative estimate of drug-likeness (QED) is 0.829. The van der Waals surface area contributed by atoms with Crippen LogP contribution in [0.25, 0.3) is 0 Å². The van der Waals surface area contributed by atoms with E-state index in [1.165, 1.54) is 37.8 Å². The van der Waals surface area contributed by atoms with Gasteiger partial charge in [0.25, 0.3) is 0 Å². The van der Waals surface area contributed by atoms with Gasteiger partial charge >= 0.3 is 0 Å². The van der Waals surface area contributed by atoms with Gasteiger partial charge in [0.15, 0.2) is 0 Å².